The molecule has 3 aromatic rings. The van der Waals surface area contributed by atoms with E-state index in [2.05, 4.69) is 20.6 Å². The standard InChI is InChI=1S/C14H11N5O/c20-14(17-11-5-2-1-3-6-11)13-12(7-4-8-15-13)19-10-9-16-18-19/h1-10H,(H,17,20). The average Bonchev–Trinajstić information content (AvgIpc) is 3.02. The number of aromatic nitrogens is 4. The number of carbonyl (C=O) groups is 1. The minimum atomic E-state index is -0.290. The molecule has 0 fully saturated rings. The van der Waals surface area contributed by atoms with E-state index in [0.29, 0.717) is 17.1 Å². The van der Waals surface area contributed by atoms with E-state index in [1.807, 2.05) is 30.3 Å². The molecule has 3 rings (SSSR count). The fourth-order valence-corrected chi connectivity index (χ4v) is 1.81. The van der Waals surface area contributed by atoms with Gasteiger partial charge in [0.15, 0.2) is 5.69 Å². The summed E-state index contributed by atoms with van der Waals surface area (Å²) in [5, 5.41) is 10.4. The first-order chi connectivity index (χ1) is 9.84. The van der Waals surface area contributed by atoms with Crippen LogP contribution in [0.25, 0.3) is 5.69 Å². The normalized spacial score (nSPS) is 10.2. The Morgan fingerprint density at radius 3 is 2.65 bits per heavy atom. The van der Waals surface area contributed by atoms with Gasteiger partial charge in [-0.05, 0) is 24.3 Å². The van der Waals surface area contributed by atoms with Crippen LogP contribution >= 0.6 is 0 Å². The van der Waals surface area contributed by atoms with Crippen molar-refractivity contribution in [3.8, 4) is 5.69 Å². The molecule has 0 bridgehead atoms. The quantitative estimate of drug-likeness (QED) is 0.785. The number of para-hydroxylation sites is 1. The fraction of sp³-hybridized carbons (Fsp3) is 0. The molecule has 0 unspecified atom stereocenters. The number of carbonyl (C=O) groups excluding carboxylic acids is 1. The summed E-state index contributed by atoms with van der Waals surface area (Å²) in [6.45, 7) is 0. The summed E-state index contributed by atoms with van der Waals surface area (Å²) < 4.78 is 1.51. The van der Waals surface area contributed by atoms with Crippen LogP contribution in [0.5, 0.6) is 0 Å². The number of nitrogens with zero attached hydrogens (tertiary/aromatic N) is 4. The van der Waals surface area contributed by atoms with Crippen molar-refractivity contribution in [3.05, 3.63) is 66.7 Å². The van der Waals surface area contributed by atoms with Crippen LogP contribution in [-0.4, -0.2) is 25.9 Å². The van der Waals surface area contributed by atoms with E-state index in [9.17, 15) is 4.79 Å². The Hall–Kier alpha value is -3.02. The summed E-state index contributed by atoms with van der Waals surface area (Å²) in [5.74, 6) is -0.290. The third-order valence-electron chi connectivity index (χ3n) is 2.70. The molecule has 0 saturated heterocycles. The Balaban J connectivity index is 1.93. The highest BCUT2D eigenvalue weighted by atomic mass is 16.1. The molecule has 6 nitrogen and oxygen atoms in total. The van der Waals surface area contributed by atoms with Gasteiger partial charge < -0.3 is 5.32 Å². The maximum absolute atomic E-state index is 12.3. The number of benzene rings is 1. The first kappa shape index (κ1) is 12.0. The number of hydrogen-bond acceptors (Lipinski definition) is 4. The van der Waals surface area contributed by atoms with Gasteiger partial charge >= 0.3 is 0 Å². The van der Waals surface area contributed by atoms with Crippen molar-refractivity contribution in [3.63, 3.8) is 0 Å². The van der Waals surface area contributed by atoms with Crippen LogP contribution in [0.2, 0.25) is 0 Å². The van der Waals surface area contributed by atoms with Gasteiger partial charge in [-0.3, -0.25) is 4.79 Å². The molecule has 0 aliphatic carbocycles. The highest BCUT2D eigenvalue weighted by Gasteiger charge is 2.14. The zero-order chi connectivity index (χ0) is 13.8. The zero-order valence-corrected chi connectivity index (χ0v) is 10.5. The molecule has 98 valence electrons. The third-order valence-corrected chi connectivity index (χ3v) is 2.70. The van der Waals surface area contributed by atoms with Crippen LogP contribution in [-0.2, 0) is 0 Å². The lowest BCUT2D eigenvalue weighted by Gasteiger charge is -2.08. The molecule has 2 heterocycles. The lowest BCUT2D eigenvalue weighted by molar-refractivity contribution is 0.102. The summed E-state index contributed by atoms with van der Waals surface area (Å²) >= 11 is 0. The Morgan fingerprint density at radius 2 is 1.90 bits per heavy atom. The highest BCUT2D eigenvalue weighted by Crippen LogP contribution is 2.13. The van der Waals surface area contributed by atoms with Crippen molar-refractivity contribution < 1.29 is 4.79 Å². The van der Waals surface area contributed by atoms with Gasteiger partial charge in [0.05, 0.1) is 18.1 Å². The molecular weight excluding hydrogens is 254 g/mol. The molecule has 20 heavy (non-hydrogen) atoms. The van der Waals surface area contributed by atoms with Crippen LogP contribution in [0, 0.1) is 0 Å². The topological polar surface area (TPSA) is 72.7 Å². The van der Waals surface area contributed by atoms with E-state index in [1.54, 1.807) is 30.7 Å². The van der Waals surface area contributed by atoms with Crippen molar-refractivity contribution in [1.29, 1.82) is 0 Å². The molecule has 0 radical (unpaired) electrons. The minimum Gasteiger partial charge on any atom is -0.321 e. The molecule has 0 aliphatic rings. The van der Waals surface area contributed by atoms with E-state index >= 15 is 0 Å². The largest absolute Gasteiger partial charge is 0.321 e. The van der Waals surface area contributed by atoms with Gasteiger partial charge in [0.1, 0.15) is 0 Å². The maximum atomic E-state index is 12.3. The molecule has 0 aliphatic heterocycles. The van der Waals surface area contributed by atoms with Crippen molar-refractivity contribution in [1.82, 2.24) is 20.0 Å². The van der Waals surface area contributed by atoms with Crippen molar-refractivity contribution >= 4 is 11.6 Å². The fourth-order valence-electron chi connectivity index (χ4n) is 1.81. The van der Waals surface area contributed by atoms with E-state index in [0.717, 1.165) is 0 Å². The second kappa shape index (κ2) is 5.31. The lowest BCUT2D eigenvalue weighted by atomic mass is 10.2. The molecule has 0 spiro atoms. The summed E-state index contributed by atoms with van der Waals surface area (Å²) in [6.07, 6.45) is 4.78. The monoisotopic (exact) mass is 265 g/mol. The molecule has 6 heteroatoms. The predicted molar refractivity (Wildman–Crippen MR) is 73.5 cm³/mol. The molecular formula is C14H11N5O. The number of amides is 1. The molecule has 1 N–H and O–H groups in total. The van der Waals surface area contributed by atoms with Crippen LogP contribution < -0.4 is 5.32 Å². The predicted octanol–water partition coefficient (Wildman–Crippen LogP) is 1.91. The molecule has 1 aromatic carbocycles. The van der Waals surface area contributed by atoms with Gasteiger partial charge in [0, 0.05) is 11.9 Å². The Morgan fingerprint density at radius 1 is 1.05 bits per heavy atom. The average molecular weight is 265 g/mol. The van der Waals surface area contributed by atoms with Crippen LogP contribution in [0.1, 0.15) is 10.5 Å². The van der Waals surface area contributed by atoms with Gasteiger partial charge in [0.25, 0.3) is 5.91 Å². The Bertz CT molecular complexity index is 709. The molecule has 0 saturated carbocycles. The Kier molecular flexibility index (Phi) is 3.20. The van der Waals surface area contributed by atoms with Gasteiger partial charge in [-0.25, -0.2) is 9.67 Å². The van der Waals surface area contributed by atoms with E-state index in [1.165, 1.54) is 4.68 Å². The van der Waals surface area contributed by atoms with E-state index in [-0.39, 0.29) is 5.91 Å². The van der Waals surface area contributed by atoms with Crippen molar-refractivity contribution in [2.75, 3.05) is 5.32 Å². The van der Waals surface area contributed by atoms with E-state index in [4.69, 9.17) is 0 Å². The van der Waals surface area contributed by atoms with Crippen LogP contribution in [0.3, 0.4) is 0 Å². The number of nitrogens with one attached hydrogen (secondary N) is 1. The number of hydrogen-bond donors (Lipinski definition) is 1. The van der Waals surface area contributed by atoms with Crippen LogP contribution in [0.4, 0.5) is 5.69 Å². The summed E-state index contributed by atoms with van der Waals surface area (Å²) in [7, 11) is 0. The second-order valence-electron chi connectivity index (χ2n) is 4.04. The summed E-state index contributed by atoms with van der Waals surface area (Å²) in [5.41, 5.74) is 1.59. The number of anilines is 1. The molecule has 2 aromatic heterocycles. The minimum absolute atomic E-state index is 0.290. The van der Waals surface area contributed by atoms with Gasteiger partial charge in [-0.1, -0.05) is 23.4 Å². The van der Waals surface area contributed by atoms with Crippen molar-refractivity contribution in [2.45, 2.75) is 0 Å². The smallest absolute Gasteiger partial charge is 0.276 e. The van der Waals surface area contributed by atoms with E-state index < -0.39 is 0 Å². The Labute approximate surface area is 115 Å². The lowest BCUT2D eigenvalue weighted by Crippen LogP contribution is -2.17. The molecule has 0 atom stereocenters. The number of pyridine rings is 1. The summed E-state index contributed by atoms with van der Waals surface area (Å²) in [6, 6.07) is 12.7. The van der Waals surface area contributed by atoms with Crippen molar-refractivity contribution in [2.24, 2.45) is 0 Å². The second-order valence-corrected chi connectivity index (χ2v) is 4.04. The first-order valence-electron chi connectivity index (χ1n) is 6.03. The number of rotatable bonds is 3. The van der Waals surface area contributed by atoms with Gasteiger partial charge in [-0.2, -0.15) is 0 Å². The van der Waals surface area contributed by atoms with Gasteiger partial charge in [-0.15, -0.1) is 5.10 Å². The van der Waals surface area contributed by atoms with Crippen LogP contribution in [0.15, 0.2) is 61.1 Å². The third kappa shape index (κ3) is 2.39. The maximum Gasteiger partial charge on any atom is 0.276 e. The SMILES string of the molecule is O=C(Nc1ccccc1)c1ncccc1-n1ccnn1. The summed E-state index contributed by atoms with van der Waals surface area (Å²) in [4.78, 5) is 16.4. The molecule has 1 amide bonds. The zero-order valence-electron chi connectivity index (χ0n) is 10.5. The van der Waals surface area contributed by atoms with Gasteiger partial charge in [0.2, 0.25) is 0 Å². The highest BCUT2D eigenvalue weighted by molar-refractivity contribution is 6.05. The first-order valence-corrected chi connectivity index (χ1v) is 6.03.